The Morgan fingerprint density at radius 3 is 2.19 bits per heavy atom. The van der Waals surface area contributed by atoms with Gasteiger partial charge in [0.2, 0.25) is 0 Å². The molecule has 21 heavy (non-hydrogen) atoms. The average molecular weight is 305 g/mol. The van der Waals surface area contributed by atoms with Gasteiger partial charge in [0.1, 0.15) is 5.03 Å². The highest BCUT2D eigenvalue weighted by molar-refractivity contribution is 7.99. The zero-order chi connectivity index (χ0) is 15.7. The van der Waals surface area contributed by atoms with Gasteiger partial charge < -0.3 is 5.73 Å². The van der Waals surface area contributed by atoms with Crippen LogP contribution in [-0.2, 0) is 13.5 Å². The van der Waals surface area contributed by atoms with Gasteiger partial charge in [-0.25, -0.2) is 9.97 Å². The van der Waals surface area contributed by atoms with Gasteiger partial charge in [-0.2, -0.15) is 5.10 Å². The number of hydrogen-bond acceptors (Lipinski definition) is 5. The van der Waals surface area contributed by atoms with E-state index in [2.05, 4.69) is 22.0 Å². The highest BCUT2D eigenvalue weighted by Gasteiger charge is 2.17. The minimum absolute atomic E-state index is 0.106. The molecule has 0 amide bonds. The Kier molecular flexibility index (Phi) is 4.68. The highest BCUT2D eigenvalue weighted by atomic mass is 32.2. The van der Waals surface area contributed by atoms with Crippen molar-refractivity contribution in [1.29, 1.82) is 0 Å². The molecule has 6 heteroatoms. The quantitative estimate of drug-likeness (QED) is 0.879. The molecule has 0 spiro atoms. The third kappa shape index (κ3) is 3.44. The predicted octanol–water partition coefficient (Wildman–Crippen LogP) is 2.48. The second kappa shape index (κ2) is 6.15. The molecule has 0 aliphatic rings. The van der Waals surface area contributed by atoms with Crippen LogP contribution in [-0.4, -0.2) is 25.8 Å². The Morgan fingerprint density at radius 1 is 1.10 bits per heavy atom. The summed E-state index contributed by atoms with van der Waals surface area (Å²) in [6.45, 7) is 10.1. The second-order valence-corrected chi connectivity index (χ2v) is 6.53. The molecule has 0 radical (unpaired) electrons. The molecule has 2 aromatic heterocycles. The van der Waals surface area contributed by atoms with E-state index in [1.807, 2.05) is 39.4 Å². The number of nitrogens with zero attached hydrogens (tertiary/aromatic N) is 4. The molecule has 2 heterocycles. The fraction of sp³-hybridized carbons (Fsp3) is 0.533. The summed E-state index contributed by atoms with van der Waals surface area (Å²) in [4.78, 5) is 9.16. The number of nitrogens with two attached hydrogens (primary N) is 1. The van der Waals surface area contributed by atoms with Gasteiger partial charge in [0.15, 0.2) is 5.16 Å². The molecule has 0 bridgehead atoms. The van der Waals surface area contributed by atoms with Crippen LogP contribution in [0.5, 0.6) is 0 Å². The Balaban J connectivity index is 2.40. The van der Waals surface area contributed by atoms with E-state index in [-0.39, 0.29) is 6.04 Å². The summed E-state index contributed by atoms with van der Waals surface area (Å²) in [6, 6.07) is 0.106. The zero-order valence-electron chi connectivity index (χ0n) is 13.6. The fourth-order valence-electron chi connectivity index (χ4n) is 2.24. The van der Waals surface area contributed by atoms with Crippen LogP contribution in [0.2, 0.25) is 0 Å². The molecule has 0 aromatic carbocycles. The first-order valence-corrected chi connectivity index (χ1v) is 7.89. The number of hydrogen-bond donors (Lipinski definition) is 1. The van der Waals surface area contributed by atoms with Crippen molar-refractivity contribution in [3.8, 4) is 0 Å². The molecule has 0 saturated heterocycles. The van der Waals surface area contributed by atoms with Crippen LogP contribution in [0.4, 0.5) is 0 Å². The van der Waals surface area contributed by atoms with Crippen LogP contribution >= 0.6 is 11.8 Å². The lowest BCUT2D eigenvalue weighted by Crippen LogP contribution is -2.18. The molecule has 2 rings (SSSR count). The molecule has 0 aliphatic heterocycles. The summed E-state index contributed by atoms with van der Waals surface area (Å²) in [6.07, 6.45) is 0.811. The molecule has 2 aromatic rings. The number of aromatic nitrogens is 4. The lowest BCUT2D eigenvalue weighted by Gasteiger charge is -2.10. The van der Waals surface area contributed by atoms with Crippen LogP contribution in [0.1, 0.15) is 35.1 Å². The molecule has 114 valence electrons. The Bertz CT molecular complexity index is 637. The van der Waals surface area contributed by atoms with E-state index in [0.29, 0.717) is 0 Å². The van der Waals surface area contributed by atoms with Gasteiger partial charge >= 0.3 is 0 Å². The SMILES string of the molecule is Cc1nc(Sc2c(CC(C)N)c(C)nn2C)nc(C)c1C. The first-order chi connectivity index (χ1) is 9.79. The average Bonchev–Trinajstić information content (AvgIpc) is 2.62. The van der Waals surface area contributed by atoms with Crippen LogP contribution in [0, 0.1) is 27.7 Å². The maximum atomic E-state index is 5.96. The van der Waals surface area contributed by atoms with E-state index in [4.69, 9.17) is 5.73 Å². The molecule has 0 aliphatic carbocycles. The van der Waals surface area contributed by atoms with Gasteiger partial charge in [0.05, 0.1) is 5.69 Å². The van der Waals surface area contributed by atoms with Gasteiger partial charge in [-0.05, 0) is 58.4 Å². The van der Waals surface area contributed by atoms with E-state index in [0.717, 1.165) is 39.2 Å². The topological polar surface area (TPSA) is 69.6 Å². The normalized spacial score (nSPS) is 12.7. The minimum Gasteiger partial charge on any atom is -0.328 e. The molecule has 2 N–H and O–H groups in total. The standard InChI is InChI=1S/C15H23N5S/c1-8(16)7-13-12(5)19-20(6)14(13)21-15-17-10(3)9(2)11(4)18-15/h8H,7,16H2,1-6H3. The molecule has 1 atom stereocenters. The lowest BCUT2D eigenvalue weighted by molar-refractivity contribution is 0.675. The lowest BCUT2D eigenvalue weighted by atomic mass is 10.1. The van der Waals surface area contributed by atoms with Crippen LogP contribution in [0.3, 0.4) is 0 Å². The first-order valence-electron chi connectivity index (χ1n) is 7.07. The van der Waals surface area contributed by atoms with E-state index in [1.54, 1.807) is 11.8 Å². The maximum absolute atomic E-state index is 5.96. The van der Waals surface area contributed by atoms with Gasteiger partial charge in [-0.3, -0.25) is 4.68 Å². The summed E-state index contributed by atoms with van der Waals surface area (Å²) in [5.41, 5.74) is 11.4. The van der Waals surface area contributed by atoms with Crippen molar-refractivity contribution in [3.63, 3.8) is 0 Å². The smallest absolute Gasteiger partial charge is 0.194 e. The Morgan fingerprint density at radius 2 is 1.67 bits per heavy atom. The molecule has 1 unspecified atom stereocenters. The summed E-state index contributed by atoms with van der Waals surface area (Å²) in [5, 5.41) is 6.35. The molecular formula is C15H23N5S. The van der Waals surface area contributed by atoms with Crippen molar-refractivity contribution in [1.82, 2.24) is 19.7 Å². The first kappa shape index (κ1) is 16.0. The van der Waals surface area contributed by atoms with Crippen molar-refractivity contribution in [2.24, 2.45) is 12.8 Å². The van der Waals surface area contributed by atoms with E-state index < -0.39 is 0 Å². The second-order valence-electron chi connectivity index (χ2n) is 5.58. The number of aryl methyl sites for hydroxylation is 4. The monoisotopic (exact) mass is 305 g/mol. The van der Waals surface area contributed by atoms with Crippen LogP contribution < -0.4 is 5.73 Å². The molecule has 0 fully saturated rings. The summed E-state index contributed by atoms with van der Waals surface area (Å²) in [5.74, 6) is 0. The van der Waals surface area contributed by atoms with Crippen molar-refractivity contribution in [3.05, 3.63) is 28.2 Å². The van der Waals surface area contributed by atoms with Gasteiger partial charge in [-0.15, -0.1) is 0 Å². The van der Waals surface area contributed by atoms with Crippen LogP contribution in [0.25, 0.3) is 0 Å². The van der Waals surface area contributed by atoms with Crippen molar-refractivity contribution in [2.75, 3.05) is 0 Å². The largest absolute Gasteiger partial charge is 0.328 e. The Hall–Kier alpha value is -1.40. The van der Waals surface area contributed by atoms with Crippen LogP contribution in [0.15, 0.2) is 10.2 Å². The molecule has 5 nitrogen and oxygen atoms in total. The van der Waals surface area contributed by atoms with E-state index in [9.17, 15) is 0 Å². The zero-order valence-corrected chi connectivity index (χ0v) is 14.4. The third-order valence-electron chi connectivity index (χ3n) is 3.61. The van der Waals surface area contributed by atoms with Gasteiger partial charge in [-0.1, -0.05) is 0 Å². The van der Waals surface area contributed by atoms with Crippen molar-refractivity contribution in [2.45, 2.75) is 57.3 Å². The maximum Gasteiger partial charge on any atom is 0.194 e. The van der Waals surface area contributed by atoms with E-state index >= 15 is 0 Å². The summed E-state index contributed by atoms with van der Waals surface area (Å²) in [7, 11) is 1.95. The van der Waals surface area contributed by atoms with Gasteiger partial charge in [0.25, 0.3) is 0 Å². The predicted molar refractivity (Wildman–Crippen MR) is 85.7 cm³/mol. The molecular weight excluding hydrogens is 282 g/mol. The highest BCUT2D eigenvalue weighted by Crippen LogP contribution is 2.31. The fourth-order valence-corrected chi connectivity index (χ4v) is 3.30. The molecule has 0 saturated carbocycles. The summed E-state index contributed by atoms with van der Waals surface area (Å²) >= 11 is 1.56. The number of rotatable bonds is 4. The van der Waals surface area contributed by atoms with Crippen molar-refractivity contribution < 1.29 is 0 Å². The van der Waals surface area contributed by atoms with E-state index in [1.165, 1.54) is 5.56 Å². The van der Waals surface area contributed by atoms with Gasteiger partial charge in [0, 0.05) is 30.0 Å². The minimum atomic E-state index is 0.106. The third-order valence-corrected chi connectivity index (χ3v) is 4.68. The Labute approximate surface area is 130 Å². The summed E-state index contributed by atoms with van der Waals surface area (Å²) < 4.78 is 1.89. The van der Waals surface area contributed by atoms with Crippen molar-refractivity contribution >= 4 is 11.8 Å².